The number of rotatable bonds is 4. The minimum atomic E-state index is -0.519. The summed E-state index contributed by atoms with van der Waals surface area (Å²) in [6, 6.07) is 7.50. The third-order valence-electron chi connectivity index (χ3n) is 2.98. The molecule has 0 fully saturated rings. The van der Waals surface area contributed by atoms with Gasteiger partial charge in [-0.05, 0) is 44.9 Å². The van der Waals surface area contributed by atoms with Crippen molar-refractivity contribution >= 4 is 17.7 Å². The quantitative estimate of drug-likeness (QED) is 0.888. The molecule has 1 aromatic carbocycles. The maximum atomic E-state index is 11.8. The van der Waals surface area contributed by atoms with Gasteiger partial charge in [-0.15, -0.1) is 0 Å². The van der Waals surface area contributed by atoms with E-state index in [1.165, 1.54) is 0 Å². The van der Waals surface area contributed by atoms with E-state index in [1.807, 2.05) is 65.8 Å². The standard InChI is InChI=1S/C18H28N2O3/c1-17(2,3)15(21)19-12-11-13-7-9-14(10-8-13)20-16(22)23-18(4,5)6/h7-10H,11-12H2,1-6H3,(H,19,21)(H,20,22). The number of amides is 2. The summed E-state index contributed by atoms with van der Waals surface area (Å²) < 4.78 is 5.20. The number of anilines is 1. The first-order chi connectivity index (χ1) is 10.5. The minimum absolute atomic E-state index is 0.0423. The van der Waals surface area contributed by atoms with Crippen molar-refractivity contribution in [2.75, 3.05) is 11.9 Å². The van der Waals surface area contributed by atoms with Crippen LogP contribution in [0, 0.1) is 5.41 Å². The van der Waals surface area contributed by atoms with Gasteiger partial charge in [0, 0.05) is 17.6 Å². The predicted octanol–water partition coefficient (Wildman–Crippen LogP) is 3.74. The molecule has 2 amide bonds. The van der Waals surface area contributed by atoms with Gasteiger partial charge in [-0.3, -0.25) is 10.1 Å². The summed E-state index contributed by atoms with van der Waals surface area (Å²) in [5.74, 6) is 0.0423. The largest absolute Gasteiger partial charge is 0.444 e. The molecular weight excluding hydrogens is 292 g/mol. The SMILES string of the molecule is CC(C)(C)OC(=O)Nc1ccc(CCNC(=O)C(C)(C)C)cc1. The van der Waals surface area contributed by atoms with Crippen LogP contribution in [0.2, 0.25) is 0 Å². The van der Waals surface area contributed by atoms with Crippen molar-refractivity contribution in [3.05, 3.63) is 29.8 Å². The summed E-state index contributed by atoms with van der Waals surface area (Å²) in [5.41, 5.74) is 0.881. The minimum Gasteiger partial charge on any atom is -0.444 e. The third kappa shape index (κ3) is 7.68. The highest BCUT2D eigenvalue weighted by Crippen LogP contribution is 2.14. The van der Waals surface area contributed by atoms with Crippen molar-refractivity contribution in [3.8, 4) is 0 Å². The fraction of sp³-hybridized carbons (Fsp3) is 0.556. The summed E-state index contributed by atoms with van der Waals surface area (Å²) in [5, 5.41) is 5.60. The van der Waals surface area contributed by atoms with Gasteiger partial charge in [0.05, 0.1) is 0 Å². The number of carbonyl (C=O) groups excluding carboxylic acids is 2. The molecule has 0 heterocycles. The monoisotopic (exact) mass is 320 g/mol. The lowest BCUT2D eigenvalue weighted by Gasteiger charge is -2.19. The van der Waals surface area contributed by atoms with Gasteiger partial charge in [0.15, 0.2) is 0 Å². The normalized spacial score (nSPS) is 11.7. The molecule has 128 valence electrons. The first-order valence-electron chi connectivity index (χ1n) is 7.84. The molecular formula is C18H28N2O3. The molecule has 1 aromatic rings. The lowest BCUT2D eigenvalue weighted by molar-refractivity contribution is -0.128. The molecule has 0 aliphatic heterocycles. The number of benzene rings is 1. The topological polar surface area (TPSA) is 67.4 Å². The zero-order chi connectivity index (χ0) is 17.7. The number of nitrogens with one attached hydrogen (secondary N) is 2. The summed E-state index contributed by atoms with van der Waals surface area (Å²) in [4.78, 5) is 23.4. The first kappa shape index (κ1) is 19.0. The van der Waals surface area contributed by atoms with Crippen molar-refractivity contribution in [1.82, 2.24) is 5.32 Å². The number of hydrogen-bond donors (Lipinski definition) is 2. The molecule has 0 saturated carbocycles. The van der Waals surface area contributed by atoms with Gasteiger partial charge in [-0.1, -0.05) is 32.9 Å². The smallest absolute Gasteiger partial charge is 0.412 e. The Hall–Kier alpha value is -2.04. The molecule has 0 aliphatic rings. The third-order valence-corrected chi connectivity index (χ3v) is 2.98. The van der Waals surface area contributed by atoms with Gasteiger partial charge in [0.1, 0.15) is 5.60 Å². The summed E-state index contributed by atoms with van der Waals surface area (Å²) >= 11 is 0. The van der Waals surface area contributed by atoms with Gasteiger partial charge < -0.3 is 10.1 Å². The van der Waals surface area contributed by atoms with Crippen LogP contribution in [0.4, 0.5) is 10.5 Å². The van der Waals surface area contributed by atoms with Gasteiger partial charge in [0.25, 0.3) is 0 Å². The highest BCUT2D eigenvalue weighted by molar-refractivity contribution is 5.84. The molecule has 0 unspecified atom stereocenters. The van der Waals surface area contributed by atoms with Crippen molar-refractivity contribution in [3.63, 3.8) is 0 Å². The number of ether oxygens (including phenoxy) is 1. The summed E-state index contributed by atoms with van der Waals surface area (Å²) in [6.45, 7) is 11.7. The van der Waals surface area contributed by atoms with Crippen molar-refractivity contribution < 1.29 is 14.3 Å². The molecule has 0 aromatic heterocycles. The van der Waals surface area contributed by atoms with Gasteiger partial charge in [-0.2, -0.15) is 0 Å². The Bertz CT molecular complexity index is 537. The van der Waals surface area contributed by atoms with E-state index >= 15 is 0 Å². The molecule has 0 spiro atoms. The van der Waals surface area contributed by atoms with Gasteiger partial charge in [-0.25, -0.2) is 4.79 Å². The van der Waals surface area contributed by atoms with Gasteiger partial charge in [0.2, 0.25) is 5.91 Å². The van der Waals surface area contributed by atoms with Gasteiger partial charge >= 0.3 is 6.09 Å². The molecule has 1 rings (SSSR count). The van der Waals surface area contributed by atoms with E-state index in [1.54, 1.807) is 0 Å². The van der Waals surface area contributed by atoms with Crippen molar-refractivity contribution in [1.29, 1.82) is 0 Å². The Labute approximate surface area is 138 Å². The van der Waals surface area contributed by atoms with E-state index in [0.717, 1.165) is 12.0 Å². The zero-order valence-electron chi connectivity index (χ0n) is 14.9. The zero-order valence-corrected chi connectivity index (χ0v) is 14.9. The molecule has 5 heteroatoms. The Balaban J connectivity index is 2.45. The fourth-order valence-electron chi connectivity index (χ4n) is 1.76. The second-order valence-corrected chi connectivity index (χ2v) is 7.58. The fourth-order valence-corrected chi connectivity index (χ4v) is 1.76. The molecule has 0 bridgehead atoms. The second kappa shape index (κ2) is 7.49. The van der Waals surface area contributed by atoms with E-state index in [2.05, 4.69) is 10.6 Å². The molecule has 0 radical (unpaired) electrons. The van der Waals surface area contributed by atoms with E-state index in [4.69, 9.17) is 4.74 Å². The predicted molar refractivity (Wildman–Crippen MR) is 92.5 cm³/mol. The highest BCUT2D eigenvalue weighted by atomic mass is 16.6. The Morgan fingerprint density at radius 2 is 1.57 bits per heavy atom. The highest BCUT2D eigenvalue weighted by Gasteiger charge is 2.20. The average molecular weight is 320 g/mol. The maximum Gasteiger partial charge on any atom is 0.412 e. The Morgan fingerprint density at radius 1 is 1.00 bits per heavy atom. The van der Waals surface area contributed by atoms with Crippen LogP contribution >= 0.6 is 0 Å². The molecule has 5 nitrogen and oxygen atoms in total. The maximum absolute atomic E-state index is 11.8. The molecule has 23 heavy (non-hydrogen) atoms. The molecule has 0 atom stereocenters. The van der Waals surface area contributed by atoms with Crippen LogP contribution in [0.3, 0.4) is 0 Å². The Kier molecular flexibility index (Phi) is 6.19. The van der Waals surface area contributed by atoms with E-state index in [9.17, 15) is 9.59 Å². The van der Waals surface area contributed by atoms with Crippen LogP contribution < -0.4 is 10.6 Å². The second-order valence-electron chi connectivity index (χ2n) is 7.58. The van der Waals surface area contributed by atoms with E-state index in [-0.39, 0.29) is 11.3 Å². The molecule has 0 saturated heterocycles. The summed E-state index contributed by atoms with van der Waals surface area (Å²) in [6.07, 6.45) is 0.275. The van der Waals surface area contributed by atoms with E-state index < -0.39 is 11.7 Å². The van der Waals surface area contributed by atoms with Crippen LogP contribution in [0.25, 0.3) is 0 Å². The summed E-state index contributed by atoms with van der Waals surface area (Å²) in [7, 11) is 0. The van der Waals surface area contributed by atoms with E-state index in [0.29, 0.717) is 12.2 Å². The Morgan fingerprint density at radius 3 is 2.04 bits per heavy atom. The van der Waals surface area contributed by atoms with Crippen LogP contribution in [0.1, 0.15) is 47.1 Å². The molecule has 2 N–H and O–H groups in total. The van der Waals surface area contributed by atoms with Crippen LogP contribution in [0.15, 0.2) is 24.3 Å². The number of hydrogen-bond acceptors (Lipinski definition) is 3. The van der Waals surface area contributed by atoms with Crippen LogP contribution in [-0.2, 0) is 16.0 Å². The van der Waals surface area contributed by atoms with Crippen LogP contribution in [-0.4, -0.2) is 24.1 Å². The first-order valence-corrected chi connectivity index (χ1v) is 7.84. The lowest BCUT2D eigenvalue weighted by Crippen LogP contribution is -2.35. The number of carbonyl (C=O) groups is 2. The average Bonchev–Trinajstić information content (AvgIpc) is 2.37. The van der Waals surface area contributed by atoms with Crippen molar-refractivity contribution in [2.24, 2.45) is 5.41 Å². The van der Waals surface area contributed by atoms with Crippen LogP contribution in [0.5, 0.6) is 0 Å². The lowest BCUT2D eigenvalue weighted by atomic mass is 9.95. The van der Waals surface area contributed by atoms with Crippen molar-refractivity contribution in [2.45, 2.75) is 53.6 Å². The molecule has 0 aliphatic carbocycles.